The molecule has 0 aromatic rings. The number of hydrogen-bond donors (Lipinski definition) is 0. The van der Waals surface area contributed by atoms with E-state index in [0.717, 1.165) is 12.4 Å². The Hall–Kier alpha value is -0.530. The Morgan fingerprint density at radius 1 is 1.27 bits per heavy atom. The van der Waals surface area contributed by atoms with Gasteiger partial charge in [-0.2, -0.15) is 0 Å². The van der Waals surface area contributed by atoms with Crippen molar-refractivity contribution in [2.24, 2.45) is 10.4 Å². The van der Waals surface area contributed by atoms with Crippen LogP contribution in [-0.4, -0.2) is 18.0 Å². The molecule has 0 amide bonds. The zero-order chi connectivity index (χ0) is 8.70. The van der Waals surface area contributed by atoms with Crippen LogP contribution < -0.4 is 0 Å². The van der Waals surface area contributed by atoms with Crippen LogP contribution in [0.25, 0.3) is 0 Å². The average molecular weight is 155 g/mol. The fraction of sp³-hybridized carbons (Fsp3) is 0.889. The zero-order valence-corrected chi connectivity index (χ0v) is 8.06. The summed E-state index contributed by atoms with van der Waals surface area (Å²) in [6.07, 6.45) is 0. The van der Waals surface area contributed by atoms with Gasteiger partial charge in [-0.3, -0.25) is 4.99 Å². The van der Waals surface area contributed by atoms with E-state index in [9.17, 15) is 0 Å². The van der Waals surface area contributed by atoms with Gasteiger partial charge in [0.25, 0.3) is 0 Å². The van der Waals surface area contributed by atoms with Crippen molar-refractivity contribution in [2.75, 3.05) is 6.54 Å². The van der Waals surface area contributed by atoms with Gasteiger partial charge >= 0.3 is 0 Å². The van der Waals surface area contributed by atoms with Crippen molar-refractivity contribution >= 4 is 5.90 Å². The second-order valence-electron chi connectivity index (χ2n) is 4.33. The molecule has 2 heteroatoms. The molecule has 0 spiro atoms. The minimum Gasteiger partial charge on any atom is -0.475 e. The van der Waals surface area contributed by atoms with E-state index < -0.39 is 0 Å². The Balaban J connectivity index is 2.89. The van der Waals surface area contributed by atoms with E-state index in [0.29, 0.717) is 0 Å². The van der Waals surface area contributed by atoms with Crippen molar-refractivity contribution in [3.8, 4) is 0 Å². The Kier molecular flexibility index (Phi) is 1.73. The maximum Gasteiger partial charge on any atom is 0.180 e. The maximum atomic E-state index is 5.64. The molecule has 0 bridgehead atoms. The van der Waals surface area contributed by atoms with Gasteiger partial charge in [0.15, 0.2) is 5.90 Å². The molecule has 0 unspecified atom stereocenters. The summed E-state index contributed by atoms with van der Waals surface area (Å²) in [6, 6.07) is 0. The highest BCUT2D eigenvalue weighted by molar-refractivity contribution is 5.74. The van der Waals surface area contributed by atoms with E-state index in [-0.39, 0.29) is 11.0 Å². The van der Waals surface area contributed by atoms with Crippen molar-refractivity contribution in [3.05, 3.63) is 0 Å². The van der Waals surface area contributed by atoms with E-state index >= 15 is 0 Å². The Morgan fingerprint density at radius 3 is 2.18 bits per heavy atom. The third-order valence-corrected chi connectivity index (χ3v) is 2.73. The van der Waals surface area contributed by atoms with Crippen molar-refractivity contribution in [3.63, 3.8) is 0 Å². The molecule has 1 aliphatic heterocycles. The molecule has 0 fully saturated rings. The van der Waals surface area contributed by atoms with Gasteiger partial charge in [-0.15, -0.1) is 0 Å². The quantitative estimate of drug-likeness (QED) is 0.525. The summed E-state index contributed by atoms with van der Waals surface area (Å²) in [4.78, 5) is 4.27. The molecule has 0 aromatic carbocycles. The number of nitrogens with zero attached hydrogens (tertiary/aromatic N) is 1. The Bertz CT molecular complexity index is 192. The first-order valence-corrected chi connectivity index (χ1v) is 4.05. The lowest BCUT2D eigenvalue weighted by Crippen LogP contribution is -2.47. The Labute approximate surface area is 68.7 Å². The highest BCUT2D eigenvalue weighted by Gasteiger charge is 2.41. The molecule has 1 aliphatic rings. The number of hydrogen-bond acceptors (Lipinski definition) is 2. The minimum absolute atomic E-state index is 0.0845. The molecule has 1 heterocycles. The van der Waals surface area contributed by atoms with E-state index in [4.69, 9.17) is 4.74 Å². The molecule has 0 radical (unpaired) electrons. The van der Waals surface area contributed by atoms with Crippen molar-refractivity contribution in [1.29, 1.82) is 0 Å². The molecule has 0 saturated carbocycles. The summed E-state index contributed by atoms with van der Waals surface area (Å²) >= 11 is 0. The summed E-state index contributed by atoms with van der Waals surface area (Å²) < 4.78 is 5.64. The number of rotatable bonds is 0. The molecule has 0 N–H and O–H groups in total. The summed E-state index contributed by atoms with van der Waals surface area (Å²) in [6.45, 7) is 11.4. The lowest BCUT2D eigenvalue weighted by atomic mass is 9.76. The fourth-order valence-corrected chi connectivity index (χ4v) is 1.04. The standard InChI is InChI=1S/C9H17NO/c1-7-10-6-8(2,3)9(4,5)11-7/h6H2,1-5H3. The van der Waals surface area contributed by atoms with Crippen LogP contribution in [0.3, 0.4) is 0 Å². The van der Waals surface area contributed by atoms with Crippen LogP contribution in [0, 0.1) is 5.41 Å². The van der Waals surface area contributed by atoms with Gasteiger partial charge < -0.3 is 4.74 Å². The second kappa shape index (κ2) is 2.23. The molecular formula is C9H17NO. The molecule has 0 saturated heterocycles. The van der Waals surface area contributed by atoms with Crippen LogP contribution >= 0.6 is 0 Å². The fourth-order valence-electron chi connectivity index (χ4n) is 1.04. The number of aliphatic imine (C=N–C) groups is 1. The van der Waals surface area contributed by atoms with Crippen LogP contribution in [0.1, 0.15) is 34.6 Å². The molecule has 2 nitrogen and oxygen atoms in total. The van der Waals surface area contributed by atoms with Gasteiger partial charge in [0, 0.05) is 12.3 Å². The smallest absolute Gasteiger partial charge is 0.180 e. The normalized spacial score (nSPS) is 27.2. The Morgan fingerprint density at radius 2 is 1.82 bits per heavy atom. The minimum atomic E-state index is -0.0845. The van der Waals surface area contributed by atoms with Crippen LogP contribution in [-0.2, 0) is 4.74 Å². The predicted octanol–water partition coefficient (Wildman–Crippen LogP) is 2.24. The van der Waals surface area contributed by atoms with Gasteiger partial charge in [-0.05, 0) is 13.8 Å². The van der Waals surface area contributed by atoms with Gasteiger partial charge in [-0.25, -0.2) is 0 Å². The third kappa shape index (κ3) is 1.39. The summed E-state index contributed by atoms with van der Waals surface area (Å²) in [5, 5.41) is 0. The molecule has 0 aromatic heterocycles. The maximum absolute atomic E-state index is 5.64. The summed E-state index contributed by atoms with van der Waals surface area (Å²) in [7, 11) is 0. The van der Waals surface area contributed by atoms with Gasteiger partial charge in [0.05, 0.1) is 6.54 Å². The van der Waals surface area contributed by atoms with E-state index in [2.05, 4.69) is 32.7 Å². The lowest BCUT2D eigenvalue weighted by molar-refractivity contribution is -0.0303. The number of ether oxygens (including phenoxy) is 1. The first-order valence-electron chi connectivity index (χ1n) is 4.05. The highest BCUT2D eigenvalue weighted by Crippen LogP contribution is 2.36. The second-order valence-corrected chi connectivity index (χ2v) is 4.33. The zero-order valence-electron chi connectivity index (χ0n) is 8.06. The molecule has 0 atom stereocenters. The molecule has 64 valence electrons. The van der Waals surface area contributed by atoms with Crippen LogP contribution in [0.4, 0.5) is 0 Å². The van der Waals surface area contributed by atoms with E-state index in [1.807, 2.05) is 6.92 Å². The van der Waals surface area contributed by atoms with Crippen molar-refractivity contribution in [1.82, 2.24) is 0 Å². The molecule has 1 rings (SSSR count). The predicted molar refractivity (Wildman–Crippen MR) is 46.9 cm³/mol. The van der Waals surface area contributed by atoms with Gasteiger partial charge in [-0.1, -0.05) is 13.8 Å². The molecular weight excluding hydrogens is 138 g/mol. The van der Waals surface area contributed by atoms with Crippen LogP contribution in [0.5, 0.6) is 0 Å². The average Bonchev–Trinajstić information content (AvgIpc) is 1.80. The summed E-state index contributed by atoms with van der Waals surface area (Å²) in [5.74, 6) is 0.814. The SMILES string of the molecule is CC1=NCC(C)(C)C(C)(C)O1. The van der Waals surface area contributed by atoms with Crippen LogP contribution in [0.2, 0.25) is 0 Å². The van der Waals surface area contributed by atoms with E-state index in [1.54, 1.807) is 0 Å². The first-order chi connectivity index (χ1) is 4.85. The highest BCUT2D eigenvalue weighted by atomic mass is 16.5. The largest absolute Gasteiger partial charge is 0.475 e. The van der Waals surface area contributed by atoms with Gasteiger partial charge in [0.1, 0.15) is 5.60 Å². The molecule has 11 heavy (non-hydrogen) atoms. The van der Waals surface area contributed by atoms with Crippen molar-refractivity contribution < 1.29 is 4.74 Å². The van der Waals surface area contributed by atoms with E-state index in [1.165, 1.54) is 0 Å². The van der Waals surface area contributed by atoms with Gasteiger partial charge in [0.2, 0.25) is 0 Å². The summed E-state index contributed by atoms with van der Waals surface area (Å²) in [5.41, 5.74) is 0.0609. The van der Waals surface area contributed by atoms with Crippen LogP contribution in [0.15, 0.2) is 4.99 Å². The third-order valence-electron chi connectivity index (χ3n) is 2.73. The topological polar surface area (TPSA) is 21.6 Å². The first kappa shape index (κ1) is 8.57. The van der Waals surface area contributed by atoms with Crippen molar-refractivity contribution in [2.45, 2.75) is 40.2 Å². The lowest BCUT2D eigenvalue weighted by Gasteiger charge is -2.43. The monoisotopic (exact) mass is 155 g/mol. The molecule has 0 aliphatic carbocycles.